The average Bonchev–Trinajstić information content (AvgIpc) is 2.29. The molecule has 0 aliphatic rings. The molecule has 1 aromatic rings. The number of ether oxygens (including phenoxy) is 1. The molecule has 1 N–H and O–H groups in total. The van der Waals surface area contributed by atoms with Gasteiger partial charge in [-0.1, -0.05) is 52.0 Å². The molecule has 1 unspecified atom stereocenters. The Morgan fingerprint density at radius 1 is 1.17 bits per heavy atom. The van der Waals surface area contributed by atoms with Crippen LogP contribution in [0.15, 0.2) is 24.3 Å². The van der Waals surface area contributed by atoms with Crippen molar-refractivity contribution in [3.63, 3.8) is 0 Å². The highest BCUT2D eigenvalue weighted by molar-refractivity contribution is 5.28. The molecule has 1 aromatic carbocycles. The fraction of sp³-hybridized carbons (Fsp3) is 0.625. The Kier molecular flexibility index (Phi) is 5.83. The molecule has 0 aliphatic heterocycles. The van der Waals surface area contributed by atoms with Gasteiger partial charge >= 0.3 is 0 Å². The van der Waals surface area contributed by atoms with Crippen molar-refractivity contribution in [3.05, 3.63) is 35.4 Å². The van der Waals surface area contributed by atoms with Crippen LogP contribution in [-0.4, -0.2) is 26.3 Å². The second-order valence-electron chi connectivity index (χ2n) is 5.86. The van der Waals surface area contributed by atoms with Gasteiger partial charge in [-0.2, -0.15) is 0 Å². The van der Waals surface area contributed by atoms with Crippen molar-refractivity contribution in [2.75, 3.05) is 20.3 Å². The van der Waals surface area contributed by atoms with Crippen LogP contribution in [0, 0.1) is 0 Å². The minimum Gasteiger partial charge on any atom is -0.383 e. The summed E-state index contributed by atoms with van der Waals surface area (Å²) in [6, 6.07) is 9.36. The first kappa shape index (κ1) is 15.2. The van der Waals surface area contributed by atoms with Crippen LogP contribution < -0.4 is 5.32 Å². The summed E-state index contributed by atoms with van der Waals surface area (Å²) in [5, 5.41) is 3.45. The van der Waals surface area contributed by atoms with E-state index in [4.69, 9.17) is 4.74 Å². The molecule has 2 heteroatoms. The van der Waals surface area contributed by atoms with Gasteiger partial charge in [0, 0.05) is 13.2 Å². The van der Waals surface area contributed by atoms with Gasteiger partial charge in [0.05, 0.1) is 6.61 Å². The molecule has 0 saturated heterocycles. The topological polar surface area (TPSA) is 21.3 Å². The molecule has 0 aliphatic carbocycles. The molecule has 0 aromatic heterocycles. The van der Waals surface area contributed by atoms with Crippen LogP contribution in [0.4, 0.5) is 0 Å². The number of hydrogen-bond donors (Lipinski definition) is 1. The third-order valence-electron chi connectivity index (χ3n) is 3.16. The standard InChI is InChI=1S/C16H27NO/c1-6-17-15(12-18-5)11-13-7-9-14(10-8-13)16(2,3)4/h7-10,15,17H,6,11-12H2,1-5H3. The molecule has 18 heavy (non-hydrogen) atoms. The van der Waals surface area contributed by atoms with E-state index in [9.17, 15) is 0 Å². The van der Waals surface area contributed by atoms with E-state index in [1.165, 1.54) is 11.1 Å². The van der Waals surface area contributed by atoms with E-state index in [0.29, 0.717) is 6.04 Å². The number of likely N-dealkylation sites (N-methyl/N-ethyl adjacent to an activating group) is 1. The first-order valence-electron chi connectivity index (χ1n) is 6.79. The smallest absolute Gasteiger partial charge is 0.0619 e. The SMILES string of the molecule is CCNC(COC)Cc1ccc(C(C)(C)C)cc1. The van der Waals surface area contributed by atoms with E-state index >= 15 is 0 Å². The monoisotopic (exact) mass is 249 g/mol. The van der Waals surface area contributed by atoms with Crippen molar-refractivity contribution < 1.29 is 4.74 Å². The Morgan fingerprint density at radius 3 is 2.22 bits per heavy atom. The Morgan fingerprint density at radius 2 is 1.78 bits per heavy atom. The molecule has 2 nitrogen and oxygen atoms in total. The number of hydrogen-bond acceptors (Lipinski definition) is 2. The van der Waals surface area contributed by atoms with Crippen molar-refractivity contribution in [3.8, 4) is 0 Å². The van der Waals surface area contributed by atoms with Crippen LogP contribution >= 0.6 is 0 Å². The molecule has 102 valence electrons. The van der Waals surface area contributed by atoms with Crippen molar-refractivity contribution in [1.29, 1.82) is 0 Å². The molecule has 0 spiro atoms. The third kappa shape index (κ3) is 4.79. The Hall–Kier alpha value is -0.860. The van der Waals surface area contributed by atoms with Crippen LogP contribution in [0.25, 0.3) is 0 Å². The minimum absolute atomic E-state index is 0.228. The summed E-state index contributed by atoms with van der Waals surface area (Å²) in [5.41, 5.74) is 2.98. The van der Waals surface area contributed by atoms with E-state index in [1.54, 1.807) is 7.11 Å². The zero-order valence-electron chi connectivity index (χ0n) is 12.4. The van der Waals surface area contributed by atoms with E-state index in [1.807, 2.05) is 0 Å². The molecular formula is C16H27NO. The van der Waals surface area contributed by atoms with Crippen LogP contribution in [0.1, 0.15) is 38.8 Å². The maximum absolute atomic E-state index is 5.24. The zero-order chi connectivity index (χ0) is 13.6. The van der Waals surface area contributed by atoms with E-state index < -0.39 is 0 Å². The van der Waals surface area contributed by atoms with Gasteiger partial charge in [-0.3, -0.25) is 0 Å². The predicted octanol–water partition coefficient (Wildman–Crippen LogP) is 3.15. The quantitative estimate of drug-likeness (QED) is 0.836. The first-order chi connectivity index (χ1) is 8.47. The van der Waals surface area contributed by atoms with Crippen LogP contribution in [0.2, 0.25) is 0 Å². The van der Waals surface area contributed by atoms with Gasteiger partial charge in [0.1, 0.15) is 0 Å². The molecule has 0 amide bonds. The minimum atomic E-state index is 0.228. The molecule has 1 atom stereocenters. The van der Waals surface area contributed by atoms with Gasteiger partial charge in [0.25, 0.3) is 0 Å². The summed E-state index contributed by atoms with van der Waals surface area (Å²) in [6.45, 7) is 10.6. The zero-order valence-corrected chi connectivity index (χ0v) is 12.4. The lowest BCUT2D eigenvalue weighted by molar-refractivity contribution is 0.167. The van der Waals surface area contributed by atoms with E-state index in [2.05, 4.69) is 57.3 Å². The molecule has 0 fully saturated rings. The fourth-order valence-corrected chi connectivity index (χ4v) is 2.11. The van der Waals surface area contributed by atoms with E-state index in [-0.39, 0.29) is 5.41 Å². The van der Waals surface area contributed by atoms with Gasteiger partial charge in [-0.25, -0.2) is 0 Å². The second kappa shape index (κ2) is 6.91. The third-order valence-corrected chi connectivity index (χ3v) is 3.16. The van der Waals surface area contributed by atoms with E-state index in [0.717, 1.165) is 19.6 Å². The lowest BCUT2D eigenvalue weighted by atomic mass is 9.86. The summed E-state index contributed by atoms with van der Waals surface area (Å²) >= 11 is 0. The number of benzene rings is 1. The Bertz CT molecular complexity index is 331. The Balaban J connectivity index is 2.67. The van der Waals surface area contributed by atoms with Crippen molar-refractivity contribution in [2.24, 2.45) is 0 Å². The highest BCUT2D eigenvalue weighted by Crippen LogP contribution is 2.22. The van der Waals surface area contributed by atoms with Crippen molar-refractivity contribution in [1.82, 2.24) is 5.32 Å². The van der Waals surface area contributed by atoms with Gasteiger partial charge < -0.3 is 10.1 Å². The lowest BCUT2D eigenvalue weighted by Crippen LogP contribution is -2.34. The summed E-state index contributed by atoms with van der Waals surface area (Å²) in [6.07, 6.45) is 1.02. The van der Waals surface area contributed by atoms with Gasteiger partial charge in [0.2, 0.25) is 0 Å². The average molecular weight is 249 g/mol. The molecule has 0 radical (unpaired) electrons. The summed E-state index contributed by atoms with van der Waals surface area (Å²) < 4.78 is 5.24. The lowest BCUT2D eigenvalue weighted by Gasteiger charge is -2.20. The maximum atomic E-state index is 5.24. The second-order valence-corrected chi connectivity index (χ2v) is 5.86. The summed E-state index contributed by atoms with van der Waals surface area (Å²) in [7, 11) is 1.76. The van der Waals surface area contributed by atoms with Crippen molar-refractivity contribution in [2.45, 2.75) is 45.6 Å². The first-order valence-corrected chi connectivity index (χ1v) is 6.79. The molecule has 0 bridgehead atoms. The summed E-state index contributed by atoms with van der Waals surface area (Å²) in [5.74, 6) is 0. The van der Waals surface area contributed by atoms with Crippen LogP contribution in [0.5, 0.6) is 0 Å². The molecule has 0 heterocycles. The number of rotatable bonds is 6. The van der Waals surface area contributed by atoms with Gasteiger partial charge in [-0.15, -0.1) is 0 Å². The normalized spacial score (nSPS) is 13.6. The predicted molar refractivity (Wildman–Crippen MR) is 78.2 cm³/mol. The van der Waals surface area contributed by atoms with Crippen LogP contribution in [-0.2, 0) is 16.6 Å². The van der Waals surface area contributed by atoms with Crippen molar-refractivity contribution >= 4 is 0 Å². The Labute approximate surface area is 112 Å². The molecular weight excluding hydrogens is 222 g/mol. The highest BCUT2D eigenvalue weighted by atomic mass is 16.5. The fourth-order valence-electron chi connectivity index (χ4n) is 2.11. The number of nitrogens with one attached hydrogen (secondary N) is 1. The highest BCUT2D eigenvalue weighted by Gasteiger charge is 2.13. The van der Waals surface area contributed by atoms with Crippen LogP contribution in [0.3, 0.4) is 0 Å². The summed E-state index contributed by atoms with van der Waals surface area (Å²) in [4.78, 5) is 0. The van der Waals surface area contributed by atoms with Gasteiger partial charge in [0.15, 0.2) is 0 Å². The number of methoxy groups -OCH3 is 1. The molecule has 0 saturated carbocycles. The molecule has 1 rings (SSSR count). The largest absolute Gasteiger partial charge is 0.383 e. The van der Waals surface area contributed by atoms with Gasteiger partial charge in [-0.05, 0) is 29.5 Å². The maximum Gasteiger partial charge on any atom is 0.0619 e.